The van der Waals surface area contributed by atoms with Crippen molar-refractivity contribution in [3.63, 3.8) is 0 Å². The van der Waals surface area contributed by atoms with Crippen LogP contribution in [-0.4, -0.2) is 47.8 Å². The summed E-state index contributed by atoms with van der Waals surface area (Å²) in [5, 5.41) is 4.17. The first-order chi connectivity index (χ1) is 12.6. The fraction of sp³-hybridized carbons (Fsp3) is 0.550. The molecule has 140 valence electrons. The van der Waals surface area contributed by atoms with Crippen LogP contribution in [0.3, 0.4) is 0 Å². The van der Waals surface area contributed by atoms with Crippen molar-refractivity contribution < 1.29 is 14.1 Å². The van der Waals surface area contributed by atoms with Gasteiger partial charge in [-0.3, -0.25) is 4.79 Å². The molecule has 1 aromatic carbocycles. The summed E-state index contributed by atoms with van der Waals surface area (Å²) in [6, 6.07) is 10.1. The smallest absolute Gasteiger partial charge is 0.223 e. The van der Waals surface area contributed by atoms with Crippen LogP contribution in [0, 0.1) is 6.92 Å². The van der Waals surface area contributed by atoms with Gasteiger partial charge in [-0.1, -0.05) is 35.5 Å². The second-order valence-corrected chi connectivity index (χ2v) is 7.06. The summed E-state index contributed by atoms with van der Waals surface area (Å²) in [5.74, 6) is 1.45. The molecule has 2 heterocycles. The highest BCUT2D eigenvalue weighted by Crippen LogP contribution is 2.36. The predicted molar refractivity (Wildman–Crippen MR) is 97.8 cm³/mol. The Kier molecular flexibility index (Phi) is 6.04. The molecule has 3 rings (SSSR count). The maximum absolute atomic E-state index is 12.8. The van der Waals surface area contributed by atoms with E-state index in [1.807, 2.05) is 23.1 Å². The number of methoxy groups -OCH3 is 1. The van der Waals surface area contributed by atoms with Crippen LogP contribution in [0.1, 0.15) is 43.0 Å². The molecule has 1 aromatic heterocycles. The highest BCUT2D eigenvalue weighted by atomic mass is 16.5. The monoisotopic (exact) mass is 357 g/mol. The third-order valence-electron chi connectivity index (χ3n) is 5.19. The second-order valence-electron chi connectivity index (χ2n) is 7.06. The van der Waals surface area contributed by atoms with E-state index in [2.05, 4.69) is 22.3 Å². The molecule has 1 aliphatic heterocycles. The standard InChI is InChI=1S/C20H27N3O3/c1-16-21-19(22-26-16)20(12-14-25-2)11-6-13-23(15-20)18(24)10-9-17-7-4-3-5-8-17/h3-5,7-8H,6,9-15H2,1-2H3. The van der Waals surface area contributed by atoms with Gasteiger partial charge in [-0.15, -0.1) is 0 Å². The van der Waals surface area contributed by atoms with E-state index in [0.717, 1.165) is 32.2 Å². The Morgan fingerprint density at radius 2 is 2.15 bits per heavy atom. The maximum Gasteiger partial charge on any atom is 0.223 e. The van der Waals surface area contributed by atoms with Crippen LogP contribution in [-0.2, 0) is 21.4 Å². The Bertz CT molecular complexity index is 716. The number of nitrogens with zero attached hydrogens (tertiary/aromatic N) is 3. The number of rotatable bonds is 7. The lowest BCUT2D eigenvalue weighted by Crippen LogP contribution is -2.49. The molecule has 0 radical (unpaired) electrons. The van der Waals surface area contributed by atoms with Crippen LogP contribution < -0.4 is 0 Å². The van der Waals surface area contributed by atoms with Crippen molar-refractivity contribution in [1.29, 1.82) is 0 Å². The first kappa shape index (κ1) is 18.6. The van der Waals surface area contributed by atoms with Crippen molar-refractivity contribution in [3.8, 4) is 0 Å². The molecule has 0 bridgehead atoms. The number of aromatic nitrogens is 2. The SMILES string of the molecule is COCCC1(c2noc(C)n2)CCCN(C(=O)CCc2ccccc2)C1. The fourth-order valence-corrected chi connectivity index (χ4v) is 3.71. The molecule has 1 saturated heterocycles. The van der Waals surface area contributed by atoms with Gasteiger partial charge >= 0.3 is 0 Å². The largest absolute Gasteiger partial charge is 0.385 e. The molecule has 1 atom stereocenters. The number of piperidine rings is 1. The number of amides is 1. The number of benzene rings is 1. The molecular weight excluding hydrogens is 330 g/mol. The van der Waals surface area contributed by atoms with E-state index in [4.69, 9.17) is 9.26 Å². The van der Waals surface area contributed by atoms with E-state index in [-0.39, 0.29) is 11.3 Å². The molecule has 1 unspecified atom stereocenters. The normalized spacial score (nSPS) is 20.3. The number of hydrogen-bond acceptors (Lipinski definition) is 5. The summed E-state index contributed by atoms with van der Waals surface area (Å²) in [6.45, 7) is 3.83. The lowest BCUT2D eigenvalue weighted by Gasteiger charge is -2.41. The van der Waals surface area contributed by atoms with Gasteiger partial charge < -0.3 is 14.2 Å². The quantitative estimate of drug-likeness (QED) is 0.762. The zero-order valence-electron chi connectivity index (χ0n) is 15.6. The third-order valence-corrected chi connectivity index (χ3v) is 5.19. The lowest BCUT2D eigenvalue weighted by atomic mass is 9.76. The molecule has 0 N–H and O–H groups in total. The minimum Gasteiger partial charge on any atom is -0.385 e. The summed E-state index contributed by atoms with van der Waals surface area (Å²) in [5.41, 5.74) is 0.909. The summed E-state index contributed by atoms with van der Waals surface area (Å²) in [7, 11) is 1.70. The fourth-order valence-electron chi connectivity index (χ4n) is 3.71. The zero-order valence-corrected chi connectivity index (χ0v) is 15.6. The van der Waals surface area contributed by atoms with E-state index in [1.165, 1.54) is 5.56 Å². The molecule has 6 heteroatoms. The molecule has 1 amide bonds. The first-order valence-electron chi connectivity index (χ1n) is 9.24. The zero-order chi connectivity index (χ0) is 18.4. The molecule has 2 aromatic rings. The van der Waals surface area contributed by atoms with Gasteiger partial charge in [-0.25, -0.2) is 0 Å². The Balaban J connectivity index is 1.69. The molecule has 6 nitrogen and oxygen atoms in total. The summed E-state index contributed by atoms with van der Waals surface area (Å²) >= 11 is 0. The Hall–Kier alpha value is -2.21. The van der Waals surface area contributed by atoms with Crippen molar-refractivity contribution in [2.24, 2.45) is 0 Å². The number of ether oxygens (including phenoxy) is 1. The highest BCUT2D eigenvalue weighted by Gasteiger charge is 2.41. The first-order valence-corrected chi connectivity index (χ1v) is 9.24. The van der Waals surface area contributed by atoms with Crippen LogP contribution in [0.5, 0.6) is 0 Å². The van der Waals surface area contributed by atoms with Crippen molar-refractivity contribution in [2.45, 2.75) is 44.4 Å². The molecule has 26 heavy (non-hydrogen) atoms. The van der Waals surface area contributed by atoms with E-state index < -0.39 is 0 Å². The highest BCUT2D eigenvalue weighted by molar-refractivity contribution is 5.76. The van der Waals surface area contributed by atoms with Crippen molar-refractivity contribution in [3.05, 3.63) is 47.6 Å². The van der Waals surface area contributed by atoms with Gasteiger partial charge in [0.2, 0.25) is 11.8 Å². The Morgan fingerprint density at radius 3 is 2.85 bits per heavy atom. The molecule has 1 fully saturated rings. The van der Waals surface area contributed by atoms with Gasteiger partial charge in [-0.2, -0.15) is 4.98 Å². The predicted octanol–water partition coefficient (Wildman–Crippen LogP) is 2.91. The minimum atomic E-state index is -0.283. The Labute approximate surface area is 154 Å². The second kappa shape index (κ2) is 8.45. The molecular formula is C20H27N3O3. The number of aryl methyl sites for hydroxylation is 2. The van der Waals surface area contributed by atoms with Gasteiger partial charge in [0.1, 0.15) is 0 Å². The topological polar surface area (TPSA) is 68.5 Å². The van der Waals surface area contributed by atoms with Crippen LogP contribution in [0.25, 0.3) is 0 Å². The summed E-state index contributed by atoms with van der Waals surface area (Å²) < 4.78 is 10.5. The number of hydrogen-bond donors (Lipinski definition) is 0. The van der Waals surface area contributed by atoms with Gasteiger partial charge in [0.25, 0.3) is 0 Å². The molecule has 0 spiro atoms. The van der Waals surface area contributed by atoms with E-state index in [9.17, 15) is 4.79 Å². The van der Waals surface area contributed by atoms with Gasteiger partial charge in [-0.05, 0) is 31.2 Å². The molecule has 0 aliphatic carbocycles. The molecule has 0 saturated carbocycles. The average Bonchev–Trinajstić information content (AvgIpc) is 3.12. The van der Waals surface area contributed by atoms with Crippen LogP contribution in [0.15, 0.2) is 34.9 Å². The average molecular weight is 357 g/mol. The molecule has 1 aliphatic rings. The maximum atomic E-state index is 12.8. The van der Waals surface area contributed by atoms with Crippen molar-refractivity contribution in [2.75, 3.05) is 26.8 Å². The third kappa shape index (κ3) is 4.30. The van der Waals surface area contributed by atoms with Crippen LogP contribution >= 0.6 is 0 Å². The summed E-state index contributed by atoms with van der Waals surface area (Å²) in [6.07, 6.45) is 3.95. The van der Waals surface area contributed by atoms with Gasteiger partial charge in [0.15, 0.2) is 5.82 Å². The van der Waals surface area contributed by atoms with Crippen LogP contribution in [0.2, 0.25) is 0 Å². The van der Waals surface area contributed by atoms with Crippen molar-refractivity contribution in [1.82, 2.24) is 15.0 Å². The van der Waals surface area contributed by atoms with Gasteiger partial charge in [0.05, 0.1) is 5.41 Å². The minimum absolute atomic E-state index is 0.190. The lowest BCUT2D eigenvalue weighted by molar-refractivity contribution is -0.133. The number of likely N-dealkylation sites (tertiary alicyclic amines) is 1. The Morgan fingerprint density at radius 1 is 1.35 bits per heavy atom. The summed E-state index contributed by atoms with van der Waals surface area (Å²) in [4.78, 5) is 19.2. The van der Waals surface area contributed by atoms with Crippen molar-refractivity contribution >= 4 is 5.91 Å². The van der Waals surface area contributed by atoms with E-state index in [0.29, 0.717) is 31.3 Å². The van der Waals surface area contributed by atoms with E-state index in [1.54, 1.807) is 14.0 Å². The number of carbonyl (C=O) groups excluding carboxylic acids is 1. The van der Waals surface area contributed by atoms with Crippen LogP contribution in [0.4, 0.5) is 0 Å². The van der Waals surface area contributed by atoms with Gasteiger partial charge in [0, 0.05) is 40.2 Å². The van der Waals surface area contributed by atoms with E-state index >= 15 is 0 Å². The number of carbonyl (C=O) groups is 1.